The van der Waals surface area contributed by atoms with Crippen molar-refractivity contribution in [1.29, 1.82) is 0 Å². The lowest BCUT2D eigenvalue weighted by Gasteiger charge is -2.19. The van der Waals surface area contributed by atoms with Crippen LogP contribution in [0.2, 0.25) is 5.02 Å². The summed E-state index contributed by atoms with van der Waals surface area (Å²) >= 11 is 6.11. The molecule has 1 aliphatic rings. The summed E-state index contributed by atoms with van der Waals surface area (Å²) in [4.78, 5) is 24.0. The van der Waals surface area contributed by atoms with Crippen LogP contribution in [0.1, 0.15) is 34.3 Å². The van der Waals surface area contributed by atoms with Crippen LogP contribution in [0.25, 0.3) is 0 Å². The van der Waals surface area contributed by atoms with Gasteiger partial charge in [0.2, 0.25) is 0 Å². The molecule has 1 fully saturated rings. The van der Waals surface area contributed by atoms with E-state index in [2.05, 4.69) is 15.4 Å². The molecule has 0 spiro atoms. The fourth-order valence-electron chi connectivity index (χ4n) is 2.72. The monoisotopic (exact) mass is 358 g/mol. The summed E-state index contributed by atoms with van der Waals surface area (Å²) in [6.07, 6.45) is 1.78. The molecule has 0 aliphatic heterocycles. The summed E-state index contributed by atoms with van der Waals surface area (Å²) in [5.74, 6) is -0.488. The fraction of sp³-hybridized carbons (Fsp3) is 0.263. The summed E-state index contributed by atoms with van der Waals surface area (Å²) in [5.41, 5.74) is 2.62. The largest absolute Gasteiger partial charge is 0.465 e. The number of nitrogens with one attached hydrogen (secondary N) is 2. The highest BCUT2D eigenvalue weighted by Gasteiger charge is 2.45. The molecule has 0 aromatic heterocycles. The number of rotatable bonds is 4. The van der Waals surface area contributed by atoms with E-state index in [-0.39, 0.29) is 11.6 Å². The Bertz CT molecular complexity index is 814. The zero-order valence-electron chi connectivity index (χ0n) is 14.1. The fourth-order valence-corrected chi connectivity index (χ4v) is 2.89. The van der Waals surface area contributed by atoms with Crippen LogP contribution in [0, 0.1) is 6.92 Å². The van der Waals surface area contributed by atoms with Crippen molar-refractivity contribution < 1.29 is 14.3 Å². The van der Waals surface area contributed by atoms with Gasteiger partial charge in [-0.3, -0.25) is 0 Å². The Morgan fingerprint density at radius 2 is 1.80 bits per heavy atom. The maximum atomic E-state index is 12.4. The highest BCUT2D eigenvalue weighted by atomic mass is 35.5. The Hall–Kier alpha value is -2.53. The van der Waals surface area contributed by atoms with Gasteiger partial charge in [0.25, 0.3) is 0 Å². The van der Waals surface area contributed by atoms with E-state index in [0.29, 0.717) is 16.3 Å². The first-order valence-electron chi connectivity index (χ1n) is 7.98. The van der Waals surface area contributed by atoms with Crippen molar-refractivity contribution in [2.75, 3.05) is 12.4 Å². The van der Waals surface area contributed by atoms with Gasteiger partial charge in [-0.25, -0.2) is 9.59 Å². The molecule has 130 valence electrons. The van der Waals surface area contributed by atoms with Gasteiger partial charge in [-0.2, -0.15) is 0 Å². The second-order valence-corrected chi connectivity index (χ2v) is 6.62. The van der Waals surface area contributed by atoms with Crippen LogP contribution in [0.4, 0.5) is 10.5 Å². The van der Waals surface area contributed by atoms with Crippen LogP contribution >= 0.6 is 11.6 Å². The molecule has 2 amide bonds. The van der Waals surface area contributed by atoms with E-state index in [1.165, 1.54) is 18.7 Å². The minimum atomic E-state index is -0.488. The van der Waals surface area contributed by atoms with Crippen molar-refractivity contribution in [2.24, 2.45) is 0 Å². The minimum absolute atomic E-state index is 0.321. The van der Waals surface area contributed by atoms with E-state index in [0.717, 1.165) is 18.4 Å². The number of aryl methyl sites for hydroxylation is 1. The van der Waals surface area contributed by atoms with Crippen LogP contribution in [0.15, 0.2) is 42.5 Å². The first kappa shape index (κ1) is 17.3. The number of halogens is 1. The Balaban J connectivity index is 1.73. The number of anilines is 1. The summed E-state index contributed by atoms with van der Waals surface area (Å²) in [5, 5.41) is 6.08. The number of carbonyl (C=O) groups excluding carboxylic acids is 2. The summed E-state index contributed by atoms with van der Waals surface area (Å²) in [6, 6.07) is 12.4. The second kappa shape index (κ2) is 6.76. The molecular formula is C19H19ClN2O3. The second-order valence-electron chi connectivity index (χ2n) is 6.21. The van der Waals surface area contributed by atoms with Gasteiger partial charge in [-0.05, 0) is 43.5 Å². The predicted molar refractivity (Wildman–Crippen MR) is 97.0 cm³/mol. The highest BCUT2D eigenvalue weighted by molar-refractivity contribution is 6.33. The van der Waals surface area contributed by atoms with Crippen molar-refractivity contribution in [3.05, 3.63) is 64.2 Å². The number of hydrogen-bond acceptors (Lipinski definition) is 3. The third-order valence-corrected chi connectivity index (χ3v) is 4.67. The Labute approximate surface area is 151 Å². The summed E-state index contributed by atoms with van der Waals surface area (Å²) in [7, 11) is 1.30. The average Bonchev–Trinajstić information content (AvgIpc) is 3.37. The standard InChI is InChI=1S/C19H19ClN2O3/c1-12-3-6-14(7-4-12)19(9-10-19)22-18(24)21-16-11-13(17(23)25-2)5-8-15(16)20/h3-8,11H,9-10H2,1-2H3,(H2,21,22,24). The van der Waals surface area contributed by atoms with Crippen LogP contribution in [-0.4, -0.2) is 19.1 Å². The van der Waals surface area contributed by atoms with E-state index in [1.54, 1.807) is 12.1 Å². The van der Waals surface area contributed by atoms with Gasteiger partial charge in [0, 0.05) is 0 Å². The molecule has 5 nitrogen and oxygen atoms in total. The number of ether oxygens (including phenoxy) is 1. The molecule has 6 heteroatoms. The number of urea groups is 1. The zero-order chi connectivity index (χ0) is 18.0. The van der Waals surface area contributed by atoms with Crippen LogP contribution in [0.5, 0.6) is 0 Å². The smallest absolute Gasteiger partial charge is 0.337 e. The Kier molecular flexibility index (Phi) is 4.68. The van der Waals surface area contributed by atoms with Crippen molar-refractivity contribution in [3.63, 3.8) is 0 Å². The van der Waals surface area contributed by atoms with Gasteiger partial charge in [0.1, 0.15) is 0 Å². The minimum Gasteiger partial charge on any atom is -0.465 e. The lowest BCUT2D eigenvalue weighted by Crippen LogP contribution is -2.38. The van der Waals surface area contributed by atoms with Gasteiger partial charge in [-0.1, -0.05) is 41.4 Å². The molecule has 1 saturated carbocycles. The number of benzene rings is 2. The molecule has 0 heterocycles. The maximum absolute atomic E-state index is 12.4. The highest BCUT2D eigenvalue weighted by Crippen LogP contribution is 2.45. The quantitative estimate of drug-likeness (QED) is 0.803. The number of esters is 1. The maximum Gasteiger partial charge on any atom is 0.337 e. The molecule has 1 aliphatic carbocycles. The van der Waals surface area contributed by atoms with Crippen LogP contribution in [0.3, 0.4) is 0 Å². The summed E-state index contributed by atoms with van der Waals surface area (Å²) < 4.78 is 4.68. The van der Waals surface area contributed by atoms with E-state index >= 15 is 0 Å². The van der Waals surface area contributed by atoms with Crippen LogP contribution in [-0.2, 0) is 10.3 Å². The first-order chi connectivity index (χ1) is 11.9. The number of amides is 2. The molecule has 3 rings (SSSR count). The van der Waals surface area contributed by atoms with Gasteiger partial charge in [0.05, 0.1) is 28.9 Å². The van der Waals surface area contributed by atoms with E-state index < -0.39 is 5.97 Å². The molecule has 0 saturated heterocycles. The van der Waals surface area contributed by atoms with E-state index in [4.69, 9.17) is 11.6 Å². The SMILES string of the molecule is COC(=O)c1ccc(Cl)c(NC(=O)NC2(c3ccc(C)cc3)CC2)c1. The molecule has 0 bridgehead atoms. The van der Waals surface area contributed by atoms with Crippen molar-refractivity contribution in [3.8, 4) is 0 Å². The molecule has 2 aromatic carbocycles. The number of carbonyl (C=O) groups is 2. The molecule has 2 aromatic rings. The van der Waals surface area contributed by atoms with Gasteiger partial charge >= 0.3 is 12.0 Å². The first-order valence-corrected chi connectivity index (χ1v) is 8.35. The van der Waals surface area contributed by atoms with Crippen molar-refractivity contribution in [2.45, 2.75) is 25.3 Å². The third kappa shape index (κ3) is 3.77. The van der Waals surface area contributed by atoms with E-state index in [9.17, 15) is 9.59 Å². The number of methoxy groups -OCH3 is 1. The van der Waals surface area contributed by atoms with Crippen molar-refractivity contribution >= 4 is 29.3 Å². The zero-order valence-corrected chi connectivity index (χ0v) is 14.8. The predicted octanol–water partition coefficient (Wildman–Crippen LogP) is 4.25. The van der Waals surface area contributed by atoms with Gasteiger partial charge < -0.3 is 15.4 Å². The van der Waals surface area contributed by atoms with Gasteiger partial charge in [0.15, 0.2) is 0 Å². The van der Waals surface area contributed by atoms with Crippen LogP contribution < -0.4 is 10.6 Å². The molecule has 25 heavy (non-hydrogen) atoms. The molecular weight excluding hydrogens is 340 g/mol. The van der Waals surface area contributed by atoms with Crippen molar-refractivity contribution in [1.82, 2.24) is 5.32 Å². The molecule has 0 atom stereocenters. The molecule has 0 unspecified atom stereocenters. The lowest BCUT2D eigenvalue weighted by molar-refractivity contribution is 0.0600. The number of hydrogen-bond donors (Lipinski definition) is 2. The third-order valence-electron chi connectivity index (χ3n) is 4.34. The topological polar surface area (TPSA) is 67.4 Å². The molecule has 2 N–H and O–H groups in total. The van der Waals surface area contributed by atoms with E-state index in [1.807, 2.05) is 31.2 Å². The van der Waals surface area contributed by atoms with Gasteiger partial charge in [-0.15, -0.1) is 0 Å². The lowest BCUT2D eigenvalue weighted by atomic mass is 10.0. The molecule has 0 radical (unpaired) electrons. The summed E-state index contributed by atoms with van der Waals surface area (Å²) in [6.45, 7) is 2.03. The average molecular weight is 359 g/mol. The Morgan fingerprint density at radius 3 is 2.40 bits per heavy atom. The normalized spacial score (nSPS) is 14.5. The Morgan fingerprint density at radius 1 is 1.12 bits per heavy atom.